The maximum atomic E-state index is 11.3. The van der Waals surface area contributed by atoms with Gasteiger partial charge in [0.2, 0.25) is 0 Å². The lowest BCUT2D eigenvalue weighted by atomic mass is 10.3. The zero-order chi connectivity index (χ0) is 10.1. The number of ether oxygens (including phenoxy) is 1. The summed E-state index contributed by atoms with van der Waals surface area (Å²) in [7, 11) is 1.35. The van der Waals surface area contributed by atoms with E-state index in [1.165, 1.54) is 11.7 Å². The van der Waals surface area contributed by atoms with E-state index in [4.69, 9.17) is 0 Å². The number of aromatic nitrogens is 2. The third-order valence-corrected chi connectivity index (χ3v) is 2.57. The Labute approximate surface area is 88.6 Å². The second kappa shape index (κ2) is 3.42. The Kier molecular flexibility index (Phi) is 2.25. The first-order chi connectivity index (χ1) is 6.74. The van der Waals surface area contributed by atoms with Crippen molar-refractivity contribution in [1.82, 2.24) is 9.55 Å². The predicted octanol–water partition coefficient (Wildman–Crippen LogP) is 2.41. The van der Waals surface area contributed by atoms with Crippen LogP contribution in [0.5, 0.6) is 0 Å². The van der Waals surface area contributed by atoms with Gasteiger partial charge in [0.05, 0.1) is 12.6 Å². The van der Waals surface area contributed by atoms with Crippen molar-refractivity contribution >= 4 is 32.9 Å². The smallest absolute Gasteiger partial charge is 0.418 e. The fraction of sp³-hybridized carbons (Fsp3) is 0.111. The van der Waals surface area contributed by atoms with Crippen molar-refractivity contribution in [3.8, 4) is 0 Å². The Morgan fingerprint density at radius 1 is 1.57 bits per heavy atom. The van der Waals surface area contributed by atoms with Gasteiger partial charge in [-0.15, -0.1) is 0 Å². The quantitative estimate of drug-likeness (QED) is 0.679. The summed E-state index contributed by atoms with van der Waals surface area (Å²) in [5.41, 5.74) is 0.777. The van der Waals surface area contributed by atoms with Gasteiger partial charge in [-0.2, -0.15) is 0 Å². The number of carbonyl (C=O) groups is 1. The molecule has 14 heavy (non-hydrogen) atoms. The third kappa shape index (κ3) is 1.29. The molecule has 2 aromatic rings. The van der Waals surface area contributed by atoms with Crippen molar-refractivity contribution in [3.05, 3.63) is 29.1 Å². The van der Waals surface area contributed by atoms with Gasteiger partial charge in [-0.25, -0.2) is 9.78 Å². The van der Waals surface area contributed by atoms with Crippen LogP contribution in [0.15, 0.2) is 29.1 Å². The molecule has 5 heteroatoms. The summed E-state index contributed by atoms with van der Waals surface area (Å²) in [5.74, 6) is 0. The van der Waals surface area contributed by atoms with E-state index < -0.39 is 6.09 Å². The maximum Gasteiger partial charge on any atom is 0.418 e. The molecule has 0 unspecified atom stereocenters. The molecule has 0 spiro atoms. The Balaban J connectivity index is 2.70. The van der Waals surface area contributed by atoms with Gasteiger partial charge in [0.25, 0.3) is 0 Å². The number of hydrogen-bond acceptors (Lipinski definition) is 3. The predicted molar refractivity (Wildman–Crippen MR) is 55.2 cm³/mol. The van der Waals surface area contributed by atoms with E-state index in [9.17, 15) is 4.79 Å². The standard InChI is InChI=1S/C9H7BrN2O2/c1-14-9(13)12-5-3-6-7(12)2-4-11-8(6)10/h2-5H,1H3. The average molecular weight is 255 g/mol. The molecular weight excluding hydrogens is 248 g/mol. The molecule has 0 aliphatic rings. The van der Waals surface area contributed by atoms with Crippen LogP contribution in [0, 0.1) is 0 Å². The summed E-state index contributed by atoms with van der Waals surface area (Å²) >= 11 is 3.30. The van der Waals surface area contributed by atoms with Crippen molar-refractivity contribution in [3.63, 3.8) is 0 Å². The zero-order valence-electron chi connectivity index (χ0n) is 7.40. The van der Waals surface area contributed by atoms with Gasteiger partial charge in [0, 0.05) is 17.8 Å². The van der Waals surface area contributed by atoms with Crippen LogP contribution in [0.1, 0.15) is 0 Å². The van der Waals surface area contributed by atoms with Gasteiger partial charge in [0.15, 0.2) is 0 Å². The van der Waals surface area contributed by atoms with E-state index in [2.05, 4.69) is 25.7 Å². The van der Waals surface area contributed by atoms with Crippen LogP contribution >= 0.6 is 15.9 Å². The Hall–Kier alpha value is -1.36. The summed E-state index contributed by atoms with van der Waals surface area (Å²) in [6.07, 6.45) is 2.88. The topological polar surface area (TPSA) is 44.1 Å². The Morgan fingerprint density at radius 3 is 3.07 bits per heavy atom. The fourth-order valence-electron chi connectivity index (χ4n) is 1.29. The highest BCUT2D eigenvalue weighted by Gasteiger charge is 2.09. The second-order valence-corrected chi connectivity index (χ2v) is 3.44. The number of fused-ring (bicyclic) bond motifs is 1. The lowest BCUT2D eigenvalue weighted by molar-refractivity contribution is 0.174. The van der Waals surface area contributed by atoms with Crippen LogP contribution in [-0.2, 0) is 4.74 Å². The maximum absolute atomic E-state index is 11.3. The number of halogens is 1. The summed E-state index contributed by atoms with van der Waals surface area (Å²) < 4.78 is 6.78. The zero-order valence-corrected chi connectivity index (χ0v) is 8.98. The highest BCUT2D eigenvalue weighted by molar-refractivity contribution is 9.10. The third-order valence-electron chi connectivity index (χ3n) is 1.94. The first kappa shape index (κ1) is 9.21. The summed E-state index contributed by atoms with van der Waals surface area (Å²) in [4.78, 5) is 15.4. The van der Waals surface area contributed by atoms with E-state index in [0.29, 0.717) is 0 Å². The Morgan fingerprint density at radius 2 is 2.36 bits per heavy atom. The van der Waals surface area contributed by atoms with Gasteiger partial charge in [0.1, 0.15) is 4.60 Å². The van der Waals surface area contributed by atoms with Gasteiger partial charge >= 0.3 is 6.09 Å². The van der Waals surface area contributed by atoms with Gasteiger partial charge in [-0.3, -0.25) is 4.57 Å². The molecule has 0 bridgehead atoms. The van der Waals surface area contributed by atoms with Crippen molar-refractivity contribution in [2.75, 3.05) is 7.11 Å². The Bertz CT molecular complexity index is 493. The molecular formula is C9H7BrN2O2. The number of methoxy groups -OCH3 is 1. The van der Waals surface area contributed by atoms with Crippen molar-refractivity contribution in [1.29, 1.82) is 0 Å². The molecule has 2 rings (SSSR count). The first-order valence-corrected chi connectivity index (χ1v) is 4.73. The number of hydrogen-bond donors (Lipinski definition) is 0. The molecule has 0 amide bonds. The lowest BCUT2D eigenvalue weighted by Crippen LogP contribution is -2.09. The lowest BCUT2D eigenvalue weighted by Gasteiger charge is -2.01. The summed E-state index contributed by atoms with van der Waals surface area (Å²) in [6.45, 7) is 0. The summed E-state index contributed by atoms with van der Waals surface area (Å²) in [5, 5.41) is 0.887. The molecule has 0 N–H and O–H groups in total. The van der Waals surface area contributed by atoms with Crippen LogP contribution in [0.3, 0.4) is 0 Å². The monoisotopic (exact) mass is 254 g/mol. The molecule has 2 aromatic heterocycles. The number of nitrogens with zero attached hydrogens (tertiary/aromatic N) is 2. The van der Waals surface area contributed by atoms with Crippen LogP contribution in [0.4, 0.5) is 4.79 Å². The van der Waals surface area contributed by atoms with Gasteiger partial charge in [-0.05, 0) is 28.1 Å². The van der Waals surface area contributed by atoms with Gasteiger partial charge < -0.3 is 4.74 Å². The van der Waals surface area contributed by atoms with E-state index >= 15 is 0 Å². The molecule has 72 valence electrons. The molecule has 0 radical (unpaired) electrons. The van der Waals surface area contributed by atoms with Crippen LogP contribution < -0.4 is 0 Å². The minimum atomic E-state index is -0.405. The van der Waals surface area contributed by atoms with Gasteiger partial charge in [-0.1, -0.05) is 0 Å². The molecule has 0 aromatic carbocycles. The van der Waals surface area contributed by atoms with E-state index in [1.807, 2.05) is 6.07 Å². The molecule has 0 aliphatic heterocycles. The highest BCUT2D eigenvalue weighted by atomic mass is 79.9. The van der Waals surface area contributed by atoms with Crippen LogP contribution in [-0.4, -0.2) is 22.8 Å². The van der Waals surface area contributed by atoms with Crippen LogP contribution in [0.25, 0.3) is 10.9 Å². The van der Waals surface area contributed by atoms with E-state index in [1.54, 1.807) is 18.5 Å². The second-order valence-electron chi connectivity index (χ2n) is 2.69. The van der Waals surface area contributed by atoms with E-state index in [0.717, 1.165) is 15.5 Å². The molecule has 0 saturated heterocycles. The first-order valence-electron chi connectivity index (χ1n) is 3.94. The molecule has 0 aliphatic carbocycles. The molecule has 2 heterocycles. The molecule has 4 nitrogen and oxygen atoms in total. The number of carbonyl (C=O) groups excluding carboxylic acids is 1. The van der Waals surface area contributed by atoms with Crippen molar-refractivity contribution in [2.45, 2.75) is 0 Å². The largest absolute Gasteiger partial charge is 0.452 e. The number of pyridine rings is 1. The molecule has 0 atom stereocenters. The molecule has 0 saturated carbocycles. The normalized spacial score (nSPS) is 10.4. The summed E-state index contributed by atoms with van der Waals surface area (Å²) in [6, 6.07) is 3.57. The van der Waals surface area contributed by atoms with Crippen LogP contribution in [0.2, 0.25) is 0 Å². The fourth-order valence-corrected chi connectivity index (χ4v) is 1.74. The molecule has 0 fully saturated rings. The van der Waals surface area contributed by atoms with Crippen molar-refractivity contribution in [2.24, 2.45) is 0 Å². The number of rotatable bonds is 0. The average Bonchev–Trinajstić information content (AvgIpc) is 2.62. The minimum absolute atomic E-state index is 0.405. The highest BCUT2D eigenvalue weighted by Crippen LogP contribution is 2.22. The minimum Gasteiger partial charge on any atom is -0.452 e. The van der Waals surface area contributed by atoms with E-state index in [-0.39, 0.29) is 0 Å². The SMILES string of the molecule is COC(=O)n1ccc2c(Br)nccc21. The van der Waals surface area contributed by atoms with Crippen molar-refractivity contribution < 1.29 is 9.53 Å².